The van der Waals surface area contributed by atoms with Gasteiger partial charge in [-0.1, -0.05) is 30.3 Å². The number of carbonyl (C=O) groups excluding carboxylic acids is 2. The fourth-order valence-electron chi connectivity index (χ4n) is 3.55. The van der Waals surface area contributed by atoms with Crippen LogP contribution in [0.2, 0.25) is 0 Å². The van der Waals surface area contributed by atoms with Gasteiger partial charge in [0.2, 0.25) is 0 Å². The number of benzene rings is 3. The summed E-state index contributed by atoms with van der Waals surface area (Å²) in [7, 11) is 1.58. The van der Waals surface area contributed by atoms with Crippen LogP contribution in [0.5, 0.6) is 17.2 Å². The maximum atomic E-state index is 13.0. The quantitative estimate of drug-likeness (QED) is 0.629. The van der Waals surface area contributed by atoms with Gasteiger partial charge in [-0.05, 0) is 48.5 Å². The zero-order chi connectivity index (χ0) is 21.6. The van der Waals surface area contributed by atoms with Crippen molar-refractivity contribution in [2.45, 2.75) is 0 Å². The molecule has 1 aliphatic rings. The van der Waals surface area contributed by atoms with E-state index >= 15 is 0 Å². The molecular formula is C25H24N2O4. The summed E-state index contributed by atoms with van der Waals surface area (Å²) in [5.74, 6) is 1.87. The van der Waals surface area contributed by atoms with Crippen LogP contribution in [0.1, 0.15) is 20.7 Å². The molecule has 4 rings (SSSR count). The van der Waals surface area contributed by atoms with Crippen molar-refractivity contribution in [2.24, 2.45) is 0 Å². The van der Waals surface area contributed by atoms with Crippen LogP contribution < -0.4 is 9.47 Å². The highest BCUT2D eigenvalue weighted by Crippen LogP contribution is 2.23. The molecule has 31 heavy (non-hydrogen) atoms. The Bertz CT molecular complexity index is 1060. The normalized spacial score (nSPS) is 13.6. The third-order valence-corrected chi connectivity index (χ3v) is 5.23. The van der Waals surface area contributed by atoms with Gasteiger partial charge in [0.15, 0.2) is 0 Å². The molecule has 0 atom stereocenters. The van der Waals surface area contributed by atoms with Crippen molar-refractivity contribution >= 4 is 11.8 Å². The summed E-state index contributed by atoms with van der Waals surface area (Å²) in [5, 5.41) is 0. The summed E-state index contributed by atoms with van der Waals surface area (Å²) in [6.07, 6.45) is 0. The van der Waals surface area contributed by atoms with Gasteiger partial charge in [0.1, 0.15) is 17.2 Å². The Hall–Kier alpha value is -3.80. The zero-order valence-corrected chi connectivity index (χ0v) is 17.4. The van der Waals surface area contributed by atoms with Gasteiger partial charge in [0, 0.05) is 37.3 Å². The molecule has 1 aliphatic heterocycles. The monoisotopic (exact) mass is 416 g/mol. The van der Waals surface area contributed by atoms with Crippen molar-refractivity contribution in [1.29, 1.82) is 0 Å². The SMILES string of the molecule is COc1cccc(C(=O)N2CCN(C(=O)c3cccc(Oc4ccccc4)c3)CC2)c1. The number of amides is 2. The summed E-state index contributed by atoms with van der Waals surface area (Å²) in [6, 6.07) is 23.8. The van der Waals surface area contributed by atoms with Gasteiger partial charge in [0.05, 0.1) is 7.11 Å². The van der Waals surface area contributed by atoms with Crippen molar-refractivity contribution in [3.05, 3.63) is 90.0 Å². The van der Waals surface area contributed by atoms with E-state index < -0.39 is 0 Å². The molecule has 0 aliphatic carbocycles. The number of rotatable bonds is 5. The van der Waals surface area contributed by atoms with Gasteiger partial charge in [-0.2, -0.15) is 0 Å². The van der Waals surface area contributed by atoms with Crippen LogP contribution >= 0.6 is 0 Å². The summed E-state index contributed by atoms with van der Waals surface area (Å²) in [6.45, 7) is 1.95. The Morgan fingerprint density at radius 2 is 1.13 bits per heavy atom. The van der Waals surface area contributed by atoms with Gasteiger partial charge in [-0.25, -0.2) is 0 Å². The van der Waals surface area contributed by atoms with E-state index in [0.717, 1.165) is 5.75 Å². The van der Waals surface area contributed by atoms with Crippen LogP contribution in [0.25, 0.3) is 0 Å². The Kier molecular flexibility index (Phi) is 6.17. The summed E-state index contributed by atoms with van der Waals surface area (Å²) in [4.78, 5) is 29.3. The van der Waals surface area contributed by atoms with Crippen LogP contribution in [0.3, 0.4) is 0 Å². The van der Waals surface area contributed by atoms with E-state index in [1.807, 2.05) is 48.5 Å². The third-order valence-electron chi connectivity index (χ3n) is 5.23. The standard InChI is InChI=1S/C25H24N2O4/c1-30-22-11-5-7-19(17-22)24(28)26-13-15-27(16-14-26)25(29)20-8-6-12-23(18-20)31-21-9-3-2-4-10-21/h2-12,17-18H,13-16H2,1H3. The Balaban J connectivity index is 1.38. The van der Waals surface area contributed by atoms with E-state index in [1.165, 1.54) is 0 Å². The number of methoxy groups -OCH3 is 1. The number of para-hydroxylation sites is 1. The summed E-state index contributed by atoms with van der Waals surface area (Å²) >= 11 is 0. The summed E-state index contributed by atoms with van der Waals surface area (Å²) < 4.78 is 11.0. The minimum absolute atomic E-state index is 0.0516. The second kappa shape index (κ2) is 9.34. The summed E-state index contributed by atoms with van der Waals surface area (Å²) in [5.41, 5.74) is 1.16. The lowest BCUT2D eigenvalue weighted by atomic mass is 10.1. The van der Waals surface area contributed by atoms with E-state index in [9.17, 15) is 9.59 Å². The highest BCUT2D eigenvalue weighted by molar-refractivity contribution is 5.96. The molecule has 0 bridgehead atoms. The van der Waals surface area contributed by atoms with Gasteiger partial charge >= 0.3 is 0 Å². The van der Waals surface area contributed by atoms with Crippen molar-refractivity contribution in [2.75, 3.05) is 33.3 Å². The lowest BCUT2D eigenvalue weighted by Gasteiger charge is -2.35. The van der Waals surface area contributed by atoms with E-state index in [0.29, 0.717) is 48.8 Å². The zero-order valence-electron chi connectivity index (χ0n) is 17.4. The Morgan fingerprint density at radius 3 is 1.68 bits per heavy atom. The number of hydrogen-bond donors (Lipinski definition) is 0. The van der Waals surface area contributed by atoms with Crippen LogP contribution in [-0.2, 0) is 0 Å². The minimum Gasteiger partial charge on any atom is -0.497 e. The highest BCUT2D eigenvalue weighted by atomic mass is 16.5. The second-order valence-corrected chi connectivity index (χ2v) is 7.26. The molecule has 6 nitrogen and oxygen atoms in total. The first-order valence-corrected chi connectivity index (χ1v) is 10.2. The number of carbonyl (C=O) groups is 2. The molecule has 0 unspecified atom stereocenters. The highest BCUT2D eigenvalue weighted by Gasteiger charge is 2.26. The van der Waals surface area contributed by atoms with Crippen LogP contribution in [-0.4, -0.2) is 54.9 Å². The topological polar surface area (TPSA) is 59.1 Å². The molecule has 0 aromatic heterocycles. The lowest BCUT2D eigenvalue weighted by molar-refractivity contribution is 0.0535. The molecule has 1 heterocycles. The van der Waals surface area contributed by atoms with Crippen LogP contribution in [0, 0.1) is 0 Å². The Labute approximate surface area is 181 Å². The molecule has 0 spiro atoms. The number of hydrogen-bond acceptors (Lipinski definition) is 4. The second-order valence-electron chi connectivity index (χ2n) is 7.26. The number of piperazine rings is 1. The van der Waals surface area contributed by atoms with Gasteiger partial charge in [0.25, 0.3) is 11.8 Å². The van der Waals surface area contributed by atoms with Crippen LogP contribution in [0.4, 0.5) is 0 Å². The van der Waals surface area contributed by atoms with E-state index in [4.69, 9.17) is 9.47 Å². The van der Waals surface area contributed by atoms with Crippen molar-refractivity contribution in [1.82, 2.24) is 9.80 Å². The lowest BCUT2D eigenvalue weighted by Crippen LogP contribution is -2.50. The smallest absolute Gasteiger partial charge is 0.254 e. The van der Waals surface area contributed by atoms with Gasteiger partial charge in [-0.15, -0.1) is 0 Å². The molecule has 0 saturated carbocycles. The molecule has 6 heteroatoms. The molecular weight excluding hydrogens is 392 g/mol. The van der Waals surface area contributed by atoms with Gasteiger partial charge < -0.3 is 19.3 Å². The molecule has 158 valence electrons. The largest absolute Gasteiger partial charge is 0.497 e. The third kappa shape index (κ3) is 4.86. The molecule has 1 saturated heterocycles. The number of nitrogens with zero attached hydrogens (tertiary/aromatic N) is 2. The first-order valence-electron chi connectivity index (χ1n) is 10.2. The maximum absolute atomic E-state index is 13.0. The fourth-order valence-corrected chi connectivity index (χ4v) is 3.55. The number of ether oxygens (including phenoxy) is 2. The molecule has 0 radical (unpaired) electrons. The van der Waals surface area contributed by atoms with Crippen molar-refractivity contribution in [3.63, 3.8) is 0 Å². The first-order chi connectivity index (χ1) is 15.1. The van der Waals surface area contributed by atoms with E-state index in [1.54, 1.807) is 47.2 Å². The molecule has 0 N–H and O–H groups in total. The van der Waals surface area contributed by atoms with E-state index in [-0.39, 0.29) is 11.8 Å². The molecule has 3 aromatic rings. The van der Waals surface area contributed by atoms with Crippen LogP contribution in [0.15, 0.2) is 78.9 Å². The molecule has 3 aromatic carbocycles. The predicted molar refractivity (Wildman–Crippen MR) is 118 cm³/mol. The van der Waals surface area contributed by atoms with E-state index in [2.05, 4.69) is 0 Å². The van der Waals surface area contributed by atoms with Crippen molar-refractivity contribution < 1.29 is 19.1 Å². The first kappa shape index (κ1) is 20.5. The average Bonchev–Trinajstić information content (AvgIpc) is 2.84. The minimum atomic E-state index is -0.0630. The molecule has 2 amide bonds. The van der Waals surface area contributed by atoms with Crippen molar-refractivity contribution in [3.8, 4) is 17.2 Å². The van der Waals surface area contributed by atoms with Gasteiger partial charge in [-0.3, -0.25) is 9.59 Å². The predicted octanol–water partition coefficient (Wildman–Crippen LogP) is 4.09. The fraction of sp³-hybridized carbons (Fsp3) is 0.200. The Morgan fingerprint density at radius 1 is 0.645 bits per heavy atom. The average molecular weight is 416 g/mol. The maximum Gasteiger partial charge on any atom is 0.254 e. The molecule has 1 fully saturated rings.